The Morgan fingerprint density at radius 2 is 2.05 bits per heavy atom. The molecule has 0 fully saturated rings. The summed E-state index contributed by atoms with van der Waals surface area (Å²) in [5.41, 5.74) is 0.312. The fourth-order valence-electron chi connectivity index (χ4n) is 1.71. The van der Waals surface area contributed by atoms with Gasteiger partial charge in [-0.25, -0.2) is 4.79 Å². The summed E-state index contributed by atoms with van der Waals surface area (Å²) < 4.78 is 31.5. The van der Waals surface area contributed by atoms with E-state index in [0.29, 0.717) is 10.9 Å². The number of pyridine rings is 1. The zero-order valence-corrected chi connectivity index (χ0v) is 10.6. The Morgan fingerprint density at radius 3 is 2.75 bits per heavy atom. The standard InChI is InChI=1S/C14H11F2NO3/c1-2-20-13(19)14(15,16)12(18)10-5-6-11-9(8-10)4-3-7-17-11/h3-8H,2H2,1H3. The Labute approximate surface area is 113 Å². The van der Waals surface area contributed by atoms with Crippen LogP contribution in [0.3, 0.4) is 0 Å². The van der Waals surface area contributed by atoms with Gasteiger partial charge in [0.15, 0.2) is 0 Å². The molecule has 0 amide bonds. The average molecular weight is 279 g/mol. The van der Waals surface area contributed by atoms with Crippen LogP contribution in [0.1, 0.15) is 17.3 Å². The van der Waals surface area contributed by atoms with Gasteiger partial charge in [0.05, 0.1) is 12.1 Å². The molecule has 4 nitrogen and oxygen atoms in total. The van der Waals surface area contributed by atoms with Crippen molar-refractivity contribution in [2.75, 3.05) is 6.61 Å². The second-order valence-electron chi connectivity index (χ2n) is 4.03. The van der Waals surface area contributed by atoms with E-state index >= 15 is 0 Å². The fourth-order valence-corrected chi connectivity index (χ4v) is 1.71. The molecule has 1 heterocycles. The first-order valence-corrected chi connectivity index (χ1v) is 5.91. The summed E-state index contributed by atoms with van der Waals surface area (Å²) in [5.74, 6) is -7.61. The van der Waals surface area contributed by atoms with Crippen molar-refractivity contribution in [3.8, 4) is 0 Å². The van der Waals surface area contributed by atoms with Crippen molar-refractivity contribution in [1.82, 2.24) is 4.98 Å². The number of Topliss-reactive ketones (excluding diaryl/α,β-unsaturated/α-hetero) is 1. The van der Waals surface area contributed by atoms with E-state index in [1.807, 2.05) is 0 Å². The van der Waals surface area contributed by atoms with Crippen LogP contribution in [0.25, 0.3) is 10.9 Å². The first kappa shape index (κ1) is 14.0. The number of carbonyl (C=O) groups is 2. The molecule has 6 heteroatoms. The van der Waals surface area contributed by atoms with Crippen LogP contribution >= 0.6 is 0 Å². The number of aromatic nitrogens is 1. The zero-order chi connectivity index (χ0) is 14.8. The molecule has 20 heavy (non-hydrogen) atoms. The molecule has 1 aromatic carbocycles. The molecule has 0 aliphatic carbocycles. The van der Waals surface area contributed by atoms with E-state index in [0.717, 1.165) is 0 Å². The first-order valence-electron chi connectivity index (χ1n) is 5.91. The normalized spacial score (nSPS) is 11.3. The van der Waals surface area contributed by atoms with Crippen molar-refractivity contribution in [2.45, 2.75) is 12.8 Å². The minimum atomic E-state index is -4.19. The van der Waals surface area contributed by atoms with E-state index < -0.39 is 17.7 Å². The van der Waals surface area contributed by atoms with Gasteiger partial charge < -0.3 is 4.74 Å². The van der Waals surface area contributed by atoms with Gasteiger partial charge in [-0.05, 0) is 31.2 Å². The van der Waals surface area contributed by atoms with Crippen LogP contribution < -0.4 is 0 Å². The SMILES string of the molecule is CCOC(=O)C(F)(F)C(=O)c1ccc2ncccc2c1. The molecule has 0 atom stereocenters. The monoisotopic (exact) mass is 279 g/mol. The summed E-state index contributed by atoms with van der Waals surface area (Å²) in [4.78, 5) is 26.9. The molecular weight excluding hydrogens is 268 g/mol. The highest BCUT2D eigenvalue weighted by molar-refractivity contribution is 6.14. The largest absolute Gasteiger partial charge is 0.461 e. The minimum Gasteiger partial charge on any atom is -0.461 e. The zero-order valence-electron chi connectivity index (χ0n) is 10.6. The lowest BCUT2D eigenvalue weighted by Gasteiger charge is -2.13. The van der Waals surface area contributed by atoms with Gasteiger partial charge >= 0.3 is 11.9 Å². The van der Waals surface area contributed by atoms with Crippen molar-refractivity contribution >= 4 is 22.7 Å². The van der Waals surface area contributed by atoms with Crippen LogP contribution in [0.4, 0.5) is 8.78 Å². The Morgan fingerprint density at radius 1 is 1.30 bits per heavy atom. The Kier molecular flexibility index (Phi) is 3.74. The van der Waals surface area contributed by atoms with Gasteiger partial charge in [-0.15, -0.1) is 0 Å². The van der Waals surface area contributed by atoms with Crippen LogP contribution in [0, 0.1) is 0 Å². The van der Waals surface area contributed by atoms with E-state index in [4.69, 9.17) is 0 Å². The number of esters is 1. The van der Waals surface area contributed by atoms with Crippen LogP contribution in [0.15, 0.2) is 36.5 Å². The molecule has 0 saturated carbocycles. The lowest BCUT2D eigenvalue weighted by Crippen LogP contribution is -2.39. The number of carbonyl (C=O) groups excluding carboxylic acids is 2. The molecular formula is C14H11F2NO3. The van der Waals surface area contributed by atoms with Crippen LogP contribution in [-0.4, -0.2) is 29.3 Å². The van der Waals surface area contributed by atoms with Gasteiger partial charge in [0.2, 0.25) is 5.78 Å². The maximum atomic E-state index is 13.6. The van der Waals surface area contributed by atoms with Gasteiger partial charge in [0.25, 0.3) is 0 Å². The fraction of sp³-hybridized carbons (Fsp3) is 0.214. The molecule has 0 aliphatic heterocycles. The lowest BCUT2D eigenvalue weighted by atomic mass is 10.0. The predicted molar refractivity (Wildman–Crippen MR) is 67.7 cm³/mol. The van der Waals surface area contributed by atoms with E-state index in [1.54, 1.807) is 18.3 Å². The quantitative estimate of drug-likeness (QED) is 0.490. The van der Waals surface area contributed by atoms with E-state index in [-0.39, 0.29) is 12.2 Å². The van der Waals surface area contributed by atoms with Crippen LogP contribution in [0.5, 0.6) is 0 Å². The number of nitrogens with zero attached hydrogens (tertiary/aromatic N) is 1. The number of benzene rings is 1. The summed E-state index contributed by atoms with van der Waals surface area (Å²) in [6, 6.07) is 7.20. The van der Waals surface area contributed by atoms with E-state index in [1.165, 1.54) is 25.1 Å². The van der Waals surface area contributed by atoms with Crippen molar-refractivity contribution in [1.29, 1.82) is 0 Å². The summed E-state index contributed by atoms with van der Waals surface area (Å²) in [6.07, 6.45) is 1.55. The number of fused-ring (bicyclic) bond motifs is 1. The summed E-state index contributed by atoms with van der Waals surface area (Å²) in [6.45, 7) is 1.17. The Hall–Kier alpha value is -2.37. The molecule has 104 valence electrons. The van der Waals surface area contributed by atoms with Crippen LogP contribution in [0.2, 0.25) is 0 Å². The number of ether oxygens (including phenoxy) is 1. The number of hydrogen-bond donors (Lipinski definition) is 0. The Balaban J connectivity index is 2.37. The second kappa shape index (κ2) is 5.32. The molecule has 0 saturated heterocycles. The molecule has 0 unspecified atom stereocenters. The molecule has 2 aromatic rings. The lowest BCUT2D eigenvalue weighted by molar-refractivity contribution is -0.164. The topological polar surface area (TPSA) is 56.3 Å². The van der Waals surface area contributed by atoms with Gasteiger partial charge in [-0.3, -0.25) is 9.78 Å². The molecule has 2 rings (SSSR count). The van der Waals surface area contributed by atoms with Gasteiger partial charge in [-0.1, -0.05) is 6.07 Å². The molecule has 0 bridgehead atoms. The average Bonchev–Trinajstić information content (AvgIpc) is 2.46. The highest BCUT2D eigenvalue weighted by Gasteiger charge is 2.49. The maximum absolute atomic E-state index is 13.6. The third kappa shape index (κ3) is 2.49. The number of ketones is 1. The van der Waals surface area contributed by atoms with Gasteiger partial charge in [0.1, 0.15) is 0 Å². The summed E-state index contributed by atoms with van der Waals surface area (Å²) >= 11 is 0. The maximum Gasteiger partial charge on any atom is 0.404 e. The van der Waals surface area contributed by atoms with Crippen molar-refractivity contribution < 1.29 is 23.1 Å². The molecule has 0 N–H and O–H groups in total. The van der Waals surface area contributed by atoms with E-state index in [9.17, 15) is 18.4 Å². The third-order valence-corrected chi connectivity index (χ3v) is 2.68. The molecule has 0 radical (unpaired) electrons. The smallest absolute Gasteiger partial charge is 0.404 e. The Bertz CT molecular complexity index is 670. The number of halogens is 2. The first-order chi connectivity index (χ1) is 9.46. The van der Waals surface area contributed by atoms with Gasteiger partial charge in [0, 0.05) is 17.1 Å². The number of rotatable bonds is 4. The van der Waals surface area contributed by atoms with E-state index in [2.05, 4.69) is 9.72 Å². The number of hydrogen-bond acceptors (Lipinski definition) is 4. The molecule has 1 aromatic heterocycles. The van der Waals surface area contributed by atoms with Crippen molar-refractivity contribution in [2.24, 2.45) is 0 Å². The van der Waals surface area contributed by atoms with Crippen molar-refractivity contribution in [3.05, 3.63) is 42.1 Å². The van der Waals surface area contributed by atoms with Crippen molar-refractivity contribution in [3.63, 3.8) is 0 Å². The van der Waals surface area contributed by atoms with Crippen LogP contribution in [-0.2, 0) is 9.53 Å². The highest BCUT2D eigenvalue weighted by Crippen LogP contribution is 2.24. The molecule has 0 spiro atoms. The second-order valence-corrected chi connectivity index (χ2v) is 4.03. The highest BCUT2D eigenvalue weighted by atomic mass is 19.3. The summed E-state index contributed by atoms with van der Waals surface area (Å²) in [7, 11) is 0. The number of alkyl halides is 2. The summed E-state index contributed by atoms with van der Waals surface area (Å²) in [5, 5.41) is 0.540. The minimum absolute atomic E-state index is 0.219. The molecule has 0 aliphatic rings. The predicted octanol–water partition coefficient (Wildman–Crippen LogP) is 2.62. The third-order valence-electron chi connectivity index (χ3n) is 2.68. The van der Waals surface area contributed by atoms with Gasteiger partial charge in [-0.2, -0.15) is 8.78 Å².